The molecule has 0 fully saturated rings. The van der Waals surface area contributed by atoms with Gasteiger partial charge in [0.1, 0.15) is 0 Å². The predicted octanol–water partition coefficient (Wildman–Crippen LogP) is 3.56. The Morgan fingerprint density at radius 3 is 2.82 bits per heavy atom. The summed E-state index contributed by atoms with van der Waals surface area (Å²) in [6, 6.07) is 14.3. The molecule has 0 bridgehead atoms. The van der Waals surface area contributed by atoms with Crippen LogP contribution in [0.1, 0.15) is 24.9 Å². The van der Waals surface area contributed by atoms with Gasteiger partial charge in [0.25, 0.3) is 5.91 Å². The van der Waals surface area contributed by atoms with E-state index >= 15 is 0 Å². The third kappa shape index (κ3) is 5.27. The summed E-state index contributed by atoms with van der Waals surface area (Å²) in [6.45, 7) is 1.41. The molecular weight excluding hydrogens is 400 g/mol. The maximum atomic E-state index is 12.1. The van der Waals surface area contributed by atoms with Crippen LogP contribution in [0, 0.1) is 0 Å². The maximum absolute atomic E-state index is 12.1. The fourth-order valence-electron chi connectivity index (χ4n) is 2.73. The van der Waals surface area contributed by atoms with Crippen LogP contribution in [0.15, 0.2) is 53.4 Å². The zero-order valence-corrected chi connectivity index (χ0v) is 16.7. The first-order valence-electron chi connectivity index (χ1n) is 8.69. The van der Waals surface area contributed by atoms with Gasteiger partial charge >= 0.3 is 5.97 Å². The molecule has 2 N–H and O–H groups in total. The van der Waals surface area contributed by atoms with Crippen molar-refractivity contribution in [3.8, 4) is 0 Å². The van der Waals surface area contributed by atoms with Crippen molar-refractivity contribution in [2.45, 2.75) is 29.5 Å². The summed E-state index contributed by atoms with van der Waals surface area (Å²) in [5, 5.41) is 5.51. The van der Waals surface area contributed by atoms with Crippen LogP contribution in [0.4, 0.5) is 5.69 Å². The minimum absolute atomic E-state index is 0.109. The second-order valence-electron chi connectivity index (χ2n) is 6.30. The molecule has 2 aromatic carbocycles. The Hall–Kier alpha value is -2.51. The minimum atomic E-state index is -0.599. The van der Waals surface area contributed by atoms with E-state index in [1.165, 1.54) is 11.8 Å². The zero-order chi connectivity index (χ0) is 20.1. The van der Waals surface area contributed by atoms with Gasteiger partial charge in [-0.05, 0) is 36.8 Å². The average Bonchev–Trinajstić information content (AvgIpc) is 2.67. The quantitative estimate of drug-likeness (QED) is 0.700. The van der Waals surface area contributed by atoms with Crippen molar-refractivity contribution in [3.05, 3.63) is 59.1 Å². The average molecular weight is 419 g/mol. The highest BCUT2D eigenvalue weighted by Crippen LogP contribution is 2.36. The second-order valence-corrected chi connectivity index (χ2v) is 7.98. The highest BCUT2D eigenvalue weighted by atomic mass is 35.5. The molecule has 0 radical (unpaired) electrons. The van der Waals surface area contributed by atoms with Crippen molar-refractivity contribution in [2.24, 2.45) is 0 Å². The van der Waals surface area contributed by atoms with Gasteiger partial charge in [-0.3, -0.25) is 14.4 Å². The van der Waals surface area contributed by atoms with Crippen LogP contribution >= 0.6 is 23.4 Å². The molecule has 8 heteroatoms. The Morgan fingerprint density at radius 2 is 2.04 bits per heavy atom. The van der Waals surface area contributed by atoms with Crippen molar-refractivity contribution in [3.63, 3.8) is 0 Å². The molecule has 0 saturated carbocycles. The molecule has 1 heterocycles. The number of fused-ring (bicyclic) bond motifs is 1. The number of esters is 1. The van der Waals surface area contributed by atoms with Crippen molar-refractivity contribution >= 4 is 46.8 Å². The number of amides is 2. The van der Waals surface area contributed by atoms with Gasteiger partial charge in [0.2, 0.25) is 5.91 Å². The molecular formula is C20H19ClN2O4S. The number of thioether (sulfide) groups is 1. The van der Waals surface area contributed by atoms with Crippen LogP contribution in [0.2, 0.25) is 5.02 Å². The number of benzene rings is 2. The Morgan fingerprint density at radius 1 is 1.25 bits per heavy atom. The predicted molar refractivity (Wildman–Crippen MR) is 108 cm³/mol. The molecule has 0 aromatic heterocycles. The van der Waals surface area contributed by atoms with Crippen molar-refractivity contribution in [1.29, 1.82) is 0 Å². The summed E-state index contributed by atoms with van der Waals surface area (Å²) < 4.78 is 5.03. The Kier molecular flexibility index (Phi) is 6.59. The lowest BCUT2D eigenvalue weighted by Gasteiger charge is -2.23. The molecule has 6 nitrogen and oxygen atoms in total. The van der Waals surface area contributed by atoms with Crippen LogP contribution in [0.3, 0.4) is 0 Å². The van der Waals surface area contributed by atoms with Crippen LogP contribution in [-0.4, -0.2) is 29.6 Å². The Labute approximate surface area is 172 Å². The summed E-state index contributed by atoms with van der Waals surface area (Å²) in [5.41, 5.74) is 1.58. The van der Waals surface area contributed by atoms with Gasteiger partial charge < -0.3 is 15.4 Å². The van der Waals surface area contributed by atoms with Crippen molar-refractivity contribution in [1.82, 2.24) is 5.32 Å². The van der Waals surface area contributed by atoms with Crippen LogP contribution < -0.4 is 10.6 Å². The first-order chi connectivity index (χ1) is 13.4. The van der Waals surface area contributed by atoms with E-state index in [1.807, 2.05) is 31.2 Å². The molecule has 28 heavy (non-hydrogen) atoms. The van der Waals surface area contributed by atoms with E-state index in [2.05, 4.69) is 10.6 Å². The maximum Gasteiger partial charge on any atom is 0.307 e. The highest BCUT2D eigenvalue weighted by Gasteiger charge is 2.29. The normalized spacial score (nSPS) is 16.5. The van der Waals surface area contributed by atoms with E-state index in [9.17, 15) is 14.4 Å². The second kappa shape index (κ2) is 9.12. The molecule has 0 aliphatic carbocycles. The fourth-order valence-corrected chi connectivity index (χ4v) is 4.02. The summed E-state index contributed by atoms with van der Waals surface area (Å²) >= 11 is 7.26. The lowest BCUT2D eigenvalue weighted by atomic mass is 10.1. The third-order valence-electron chi connectivity index (χ3n) is 4.15. The summed E-state index contributed by atoms with van der Waals surface area (Å²) in [6.07, 6.45) is -0.109. The van der Waals surface area contributed by atoms with Gasteiger partial charge in [-0.2, -0.15) is 0 Å². The van der Waals surface area contributed by atoms with E-state index in [-0.39, 0.29) is 18.4 Å². The standard InChI is InChI=1S/C20H19ClN2O4S/c1-12(13-5-4-6-14(21)9-13)22-18(24)11-27-19(25)10-17-20(26)23-15-7-2-3-8-16(15)28-17/h2-9,12,17H,10-11H2,1H3,(H,22,24)(H,23,26)/t12-,17-/m1/s1. The highest BCUT2D eigenvalue weighted by molar-refractivity contribution is 8.01. The number of carbonyl (C=O) groups excluding carboxylic acids is 3. The molecule has 1 aliphatic heterocycles. The first kappa shape index (κ1) is 20.2. The van der Waals surface area contributed by atoms with E-state index in [1.54, 1.807) is 24.3 Å². The van der Waals surface area contributed by atoms with Gasteiger partial charge in [0.15, 0.2) is 6.61 Å². The molecule has 2 amide bonds. The lowest BCUT2D eigenvalue weighted by molar-refractivity contribution is -0.149. The van der Waals surface area contributed by atoms with Gasteiger partial charge in [0.05, 0.1) is 23.4 Å². The minimum Gasteiger partial charge on any atom is -0.456 e. The molecule has 0 unspecified atom stereocenters. The number of hydrogen-bond acceptors (Lipinski definition) is 5. The third-order valence-corrected chi connectivity index (χ3v) is 5.66. The number of ether oxygens (including phenoxy) is 1. The number of hydrogen-bond donors (Lipinski definition) is 2. The zero-order valence-electron chi connectivity index (χ0n) is 15.1. The summed E-state index contributed by atoms with van der Waals surface area (Å²) in [5.74, 6) is -1.27. The molecule has 1 aliphatic rings. The van der Waals surface area contributed by atoms with E-state index in [4.69, 9.17) is 16.3 Å². The SMILES string of the molecule is C[C@@H](NC(=O)COC(=O)C[C@H]1Sc2ccccc2NC1=O)c1cccc(Cl)c1. The van der Waals surface area contributed by atoms with Crippen LogP contribution in [0.25, 0.3) is 0 Å². The molecule has 0 spiro atoms. The fraction of sp³-hybridized carbons (Fsp3) is 0.250. The van der Waals surface area contributed by atoms with Gasteiger partial charge in [-0.1, -0.05) is 35.9 Å². The van der Waals surface area contributed by atoms with Crippen LogP contribution in [0.5, 0.6) is 0 Å². The molecule has 0 saturated heterocycles. The molecule has 3 rings (SSSR count). The summed E-state index contributed by atoms with van der Waals surface area (Å²) in [7, 11) is 0. The lowest BCUT2D eigenvalue weighted by Crippen LogP contribution is -2.34. The molecule has 2 aromatic rings. The van der Waals surface area contributed by atoms with E-state index in [0.717, 1.165) is 16.1 Å². The van der Waals surface area contributed by atoms with Gasteiger partial charge in [-0.25, -0.2) is 0 Å². The van der Waals surface area contributed by atoms with Crippen LogP contribution in [-0.2, 0) is 19.1 Å². The monoisotopic (exact) mass is 418 g/mol. The number of nitrogens with one attached hydrogen (secondary N) is 2. The number of para-hydroxylation sites is 1. The first-order valence-corrected chi connectivity index (χ1v) is 9.95. The Balaban J connectivity index is 1.46. The van der Waals surface area contributed by atoms with Crippen molar-refractivity contribution < 1.29 is 19.1 Å². The van der Waals surface area contributed by atoms with Gasteiger partial charge in [0, 0.05) is 9.92 Å². The number of rotatable bonds is 6. The number of halogens is 1. The topological polar surface area (TPSA) is 84.5 Å². The van der Waals surface area contributed by atoms with Crippen molar-refractivity contribution in [2.75, 3.05) is 11.9 Å². The van der Waals surface area contributed by atoms with E-state index in [0.29, 0.717) is 5.02 Å². The summed E-state index contributed by atoms with van der Waals surface area (Å²) in [4.78, 5) is 37.1. The molecule has 2 atom stereocenters. The number of carbonyl (C=O) groups is 3. The van der Waals surface area contributed by atoms with E-state index < -0.39 is 23.7 Å². The number of anilines is 1. The molecule has 146 valence electrons. The van der Waals surface area contributed by atoms with Gasteiger partial charge in [-0.15, -0.1) is 11.8 Å². The smallest absolute Gasteiger partial charge is 0.307 e. The largest absolute Gasteiger partial charge is 0.456 e. The Bertz CT molecular complexity index is 905.